The van der Waals surface area contributed by atoms with Crippen LogP contribution in [0.5, 0.6) is 0 Å². The van der Waals surface area contributed by atoms with E-state index in [4.69, 9.17) is 0 Å². The van der Waals surface area contributed by atoms with Gasteiger partial charge in [0.05, 0.1) is 0 Å². The van der Waals surface area contributed by atoms with Crippen LogP contribution >= 0.6 is 0 Å². The average Bonchev–Trinajstić information content (AvgIpc) is 2.59. The zero-order valence-electron chi connectivity index (χ0n) is 16.4. The lowest BCUT2D eigenvalue weighted by molar-refractivity contribution is -0.128. The van der Waals surface area contributed by atoms with Crippen molar-refractivity contribution in [2.24, 2.45) is 0 Å². The molecule has 0 bridgehead atoms. The molecular formula is C20H38N2O2. The molecule has 2 amide bonds. The maximum Gasteiger partial charge on any atom is 0.246 e. The molecule has 4 heteroatoms. The van der Waals surface area contributed by atoms with Crippen molar-refractivity contribution in [1.82, 2.24) is 9.80 Å². The second kappa shape index (κ2) is 15.2. The molecule has 0 spiro atoms. The van der Waals surface area contributed by atoms with Crippen LogP contribution in [0.4, 0.5) is 0 Å². The third-order valence-corrected chi connectivity index (χ3v) is 4.32. The summed E-state index contributed by atoms with van der Waals surface area (Å²) in [5.41, 5.74) is 0. The topological polar surface area (TPSA) is 40.6 Å². The molecule has 0 aromatic rings. The molecule has 0 aliphatic carbocycles. The van der Waals surface area contributed by atoms with Crippen molar-refractivity contribution in [3.8, 4) is 0 Å². The summed E-state index contributed by atoms with van der Waals surface area (Å²) in [4.78, 5) is 28.1. The van der Waals surface area contributed by atoms with Gasteiger partial charge in [-0.05, 0) is 26.7 Å². The lowest BCUT2D eigenvalue weighted by Gasteiger charge is -2.20. The van der Waals surface area contributed by atoms with E-state index in [1.54, 1.807) is 0 Å². The van der Waals surface area contributed by atoms with Crippen LogP contribution in [0.15, 0.2) is 12.2 Å². The fraction of sp³-hybridized carbons (Fsp3) is 0.800. The largest absolute Gasteiger partial charge is 0.339 e. The van der Waals surface area contributed by atoms with Crippen LogP contribution in [-0.4, -0.2) is 47.8 Å². The molecule has 0 atom stereocenters. The van der Waals surface area contributed by atoms with Crippen molar-refractivity contribution < 1.29 is 9.59 Å². The molecule has 0 radical (unpaired) electrons. The number of hydrogen-bond acceptors (Lipinski definition) is 2. The van der Waals surface area contributed by atoms with E-state index < -0.39 is 0 Å². The van der Waals surface area contributed by atoms with Gasteiger partial charge in [0.2, 0.25) is 11.8 Å². The number of unbranched alkanes of at least 4 members (excludes halogenated alkanes) is 6. The fourth-order valence-electron chi connectivity index (χ4n) is 2.66. The summed E-state index contributed by atoms with van der Waals surface area (Å²) in [6.07, 6.45) is 12.1. The number of nitrogens with zero attached hydrogens (tertiary/aromatic N) is 2. The molecule has 0 aliphatic rings. The van der Waals surface area contributed by atoms with E-state index in [1.807, 2.05) is 23.6 Å². The van der Waals surface area contributed by atoms with Crippen molar-refractivity contribution in [1.29, 1.82) is 0 Å². The predicted molar refractivity (Wildman–Crippen MR) is 102 cm³/mol. The summed E-state index contributed by atoms with van der Waals surface area (Å²) >= 11 is 0. The van der Waals surface area contributed by atoms with Crippen LogP contribution in [0.25, 0.3) is 0 Å². The van der Waals surface area contributed by atoms with Gasteiger partial charge in [0.1, 0.15) is 0 Å². The highest BCUT2D eigenvalue weighted by atomic mass is 16.2. The lowest BCUT2D eigenvalue weighted by atomic mass is 10.2. The van der Waals surface area contributed by atoms with E-state index >= 15 is 0 Å². The van der Waals surface area contributed by atoms with Gasteiger partial charge in [-0.25, -0.2) is 0 Å². The molecule has 0 rings (SSSR count). The molecule has 0 N–H and O–H groups in total. The second-order valence-electron chi connectivity index (χ2n) is 6.29. The van der Waals surface area contributed by atoms with Gasteiger partial charge in [0.15, 0.2) is 0 Å². The number of amides is 2. The molecular weight excluding hydrogens is 300 g/mol. The minimum Gasteiger partial charge on any atom is -0.339 e. The van der Waals surface area contributed by atoms with Gasteiger partial charge in [0, 0.05) is 38.3 Å². The fourth-order valence-corrected chi connectivity index (χ4v) is 2.66. The van der Waals surface area contributed by atoms with Crippen LogP contribution in [-0.2, 0) is 9.59 Å². The minimum atomic E-state index is -0.0515. The van der Waals surface area contributed by atoms with Crippen LogP contribution in [0.3, 0.4) is 0 Å². The second-order valence-corrected chi connectivity index (χ2v) is 6.29. The van der Waals surface area contributed by atoms with Crippen molar-refractivity contribution >= 4 is 11.8 Å². The van der Waals surface area contributed by atoms with Crippen molar-refractivity contribution in [2.45, 2.75) is 79.1 Å². The smallest absolute Gasteiger partial charge is 0.246 e. The number of hydrogen-bond donors (Lipinski definition) is 0. The maximum absolute atomic E-state index is 12.2. The highest BCUT2D eigenvalue weighted by Crippen LogP contribution is 2.04. The summed E-state index contributed by atoms with van der Waals surface area (Å²) in [6, 6.07) is 0. The monoisotopic (exact) mass is 338 g/mol. The first kappa shape index (κ1) is 22.7. The molecule has 0 aromatic carbocycles. The van der Waals surface area contributed by atoms with Gasteiger partial charge in [-0.3, -0.25) is 9.59 Å². The highest BCUT2D eigenvalue weighted by molar-refractivity contribution is 5.96. The minimum absolute atomic E-state index is 0.0515. The molecule has 140 valence electrons. The molecule has 0 fully saturated rings. The Kier molecular flexibility index (Phi) is 14.4. The zero-order chi connectivity index (χ0) is 18.2. The molecule has 0 saturated heterocycles. The summed E-state index contributed by atoms with van der Waals surface area (Å²) in [5, 5.41) is 0. The standard InChI is InChI=1S/C20H38N2O2/c1-5-9-11-13-17-21(7-3)19(23)15-16-20(24)22(8-4)18-14-12-10-6-2/h15-16H,5-14,17-18H2,1-4H3/b16-15-. The van der Waals surface area contributed by atoms with Crippen LogP contribution < -0.4 is 0 Å². The summed E-state index contributed by atoms with van der Waals surface area (Å²) < 4.78 is 0. The van der Waals surface area contributed by atoms with E-state index in [0.717, 1.165) is 38.8 Å². The lowest BCUT2D eigenvalue weighted by Crippen LogP contribution is -2.32. The van der Waals surface area contributed by atoms with Crippen LogP contribution in [0, 0.1) is 0 Å². The van der Waals surface area contributed by atoms with Crippen molar-refractivity contribution in [2.75, 3.05) is 26.2 Å². The SMILES string of the molecule is CCCCCCN(CC)C(=O)/C=C\C(=O)N(CC)CCCCCC. The summed E-state index contributed by atoms with van der Waals surface area (Å²) in [6.45, 7) is 11.3. The molecule has 4 nitrogen and oxygen atoms in total. The first-order chi connectivity index (χ1) is 11.6. The van der Waals surface area contributed by atoms with Gasteiger partial charge >= 0.3 is 0 Å². The summed E-state index contributed by atoms with van der Waals surface area (Å²) in [5.74, 6) is -0.103. The van der Waals surface area contributed by atoms with Gasteiger partial charge in [-0.15, -0.1) is 0 Å². The Hall–Kier alpha value is -1.32. The predicted octanol–water partition coefficient (Wildman–Crippen LogP) is 4.40. The van der Waals surface area contributed by atoms with Gasteiger partial charge < -0.3 is 9.80 Å². The van der Waals surface area contributed by atoms with E-state index in [0.29, 0.717) is 13.1 Å². The Labute approximate surface area is 149 Å². The van der Waals surface area contributed by atoms with Crippen LogP contribution in [0.2, 0.25) is 0 Å². The molecule has 24 heavy (non-hydrogen) atoms. The number of likely N-dealkylation sites (N-methyl/N-ethyl adjacent to an activating group) is 2. The van der Waals surface area contributed by atoms with Crippen LogP contribution in [0.1, 0.15) is 79.1 Å². The van der Waals surface area contributed by atoms with E-state index in [2.05, 4.69) is 13.8 Å². The Morgan fingerprint density at radius 1 is 0.625 bits per heavy atom. The number of carbonyl (C=O) groups excluding carboxylic acids is 2. The Balaban J connectivity index is 4.32. The first-order valence-electron chi connectivity index (χ1n) is 9.86. The summed E-state index contributed by atoms with van der Waals surface area (Å²) in [7, 11) is 0. The van der Waals surface area contributed by atoms with E-state index in [9.17, 15) is 9.59 Å². The quantitative estimate of drug-likeness (QED) is 0.348. The van der Waals surface area contributed by atoms with Crippen molar-refractivity contribution in [3.63, 3.8) is 0 Å². The molecule has 0 aliphatic heterocycles. The van der Waals surface area contributed by atoms with E-state index in [-0.39, 0.29) is 11.8 Å². The third kappa shape index (κ3) is 10.5. The van der Waals surface area contributed by atoms with E-state index in [1.165, 1.54) is 37.8 Å². The average molecular weight is 339 g/mol. The highest BCUT2D eigenvalue weighted by Gasteiger charge is 2.11. The zero-order valence-corrected chi connectivity index (χ0v) is 16.4. The third-order valence-electron chi connectivity index (χ3n) is 4.32. The maximum atomic E-state index is 12.2. The normalized spacial score (nSPS) is 11.0. The van der Waals surface area contributed by atoms with Gasteiger partial charge in [0.25, 0.3) is 0 Å². The molecule has 0 aromatic heterocycles. The Morgan fingerprint density at radius 3 is 1.29 bits per heavy atom. The number of rotatable bonds is 14. The Morgan fingerprint density at radius 2 is 1.00 bits per heavy atom. The number of carbonyl (C=O) groups is 2. The molecule has 0 heterocycles. The first-order valence-corrected chi connectivity index (χ1v) is 9.86. The molecule has 0 saturated carbocycles. The van der Waals surface area contributed by atoms with Gasteiger partial charge in [-0.2, -0.15) is 0 Å². The van der Waals surface area contributed by atoms with Gasteiger partial charge in [-0.1, -0.05) is 52.4 Å². The van der Waals surface area contributed by atoms with Crippen molar-refractivity contribution in [3.05, 3.63) is 12.2 Å². The molecule has 0 unspecified atom stereocenters. The Bertz CT molecular complexity index is 333.